The molecule has 1 saturated heterocycles. The SMILES string of the molecule is CC(C)(C)NC[C@H](O)COc1nsnc1N1CCOCC1.Cc1ccc(Cl)c(OCC(O)CNC(C)(C)C)c1. The molecule has 222 valence electrons. The van der Waals surface area contributed by atoms with Crippen LogP contribution in [-0.2, 0) is 4.74 Å². The molecule has 1 aromatic heterocycles. The normalized spacial score (nSPS) is 15.8. The van der Waals surface area contributed by atoms with E-state index in [4.69, 9.17) is 25.8 Å². The van der Waals surface area contributed by atoms with Crippen molar-refractivity contribution in [3.05, 3.63) is 28.8 Å². The summed E-state index contributed by atoms with van der Waals surface area (Å²) in [7, 11) is 0. The third-order valence-electron chi connectivity index (χ3n) is 5.42. The number of hydrogen-bond donors (Lipinski definition) is 4. The number of hydrogen-bond acceptors (Lipinski definition) is 11. The Bertz CT molecular complexity index is 976. The van der Waals surface area contributed by atoms with E-state index in [9.17, 15) is 10.2 Å². The van der Waals surface area contributed by atoms with Crippen LogP contribution in [0, 0.1) is 6.92 Å². The first-order valence-electron chi connectivity index (χ1n) is 13.3. The maximum Gasteiger partial charge on any atom is 0.270 e. The fraction of sp³-hybridized carbons (Fsp3) is 0.704. The van der Waals surface area contributed by atoms with Crippen molar-refractivity contribution in [3.8, 4) is 11.6 Å². The molecule has 2 atom stereocenters. The Kier molecular flexibility index (Phi) is 13.6. The van der Waals surface area contributed by atoms with Crippen molar-refractivity contribution in [2.75, 3.05) is 57.5 Å². The van der Waals surface area contributed by atoms with Crippen molar-refractivity contribution in [1.29, 1.82) is 0 Å². The van der Waals surface area contributed by atoms with Crippen LogP contribution in [0.4, 0.5) is 5.82 Å². The van der Waals surface area contributed by atoms with E-state index >= 15 is 0 Å². The summed E-state index contributed by atoms with van der Waals surface area (Å²) in [6.07, 6.45) is -1.13. The van der Waals surface area contributed by atoms with Gasteiger partial charge < -0.3 is 40.0 Å². The van der Waals surface area contributed by atoms with Gasteiger partial charge in [0.1, 0.15) is 31.2 Å². The van der Waals surface area contributed by atoms with Crippen molar-refractivity contribution >= 4 is 29.1 Å². The van der Waals surface area contributed by atoms with E-state index in [0.29, 0.717) is 43.0 Å². The second kappa shape index (κ2) is 15.9. The number of aryl methyl sites for hydroxylation is 1. The quantitative estimate of drug-likeness (QED) is 0.312. The van der Waals surface area contributed by atoms with Crippen LogP contribution in [0.25, 0.3) is 0 Å². The van der Waals surface area contributed by atoms with Crippen LogP contribution in [-0.4, -0.2) is 94.9 Å². The van der Waals surface area contributed by atoms with Crippen LogP contribution in [0.3, 0.4) is 0 Å². The molecule has 10 nitrogen and oxygen atoms in total. The monoisotopic (exact) mass is 587 g/mol. The summed E-state index contributed by atoms with van der Waals surface area (Å²) in [4.78, 5) is 2.10. The average molecular weight is 588 g/mol. The van der Waals surface area contributed by atoms with Crippen LogP contribution in [0.2, 0.25) is 5.02 Å². The van der Waals surface area contributed by atoms with E-state index in [1.165, 1.54) is 0 Å². The van der Waals surface area contributed by atoms with Gasteiger partial charge in [-0.05, 0) is 66.2 Å². The Hall–Kier alpha value is -1.73. The summed E-state index contributed by atoms with van der Waals surface area (Å²) in [5, 5.41) is 26.8. The number of morpholine rings is 1. The highest BCUT2D eigenvalue weighted by molar-refractivity contribution is 6.99. The number of aliphatic hydroxyl groups excluding tert-OH is 2. The number of benzene rings is 1. The van der Waals surface area contributed by atoms with Gasteiger partial charge in [-0.2, -0.15) is 4.37 Å². The molecule has 1 aliphatic heterocycles. The number of halogens is 1. The highest BCUT2D eigenvalue weighted by atomic mass is 35.5. The molecule has 1 unspecified atom stereocenters. The summed E-state index contributed by atoms with van der Waals surface area (Å²) in [6.45, 7) is 18.7. The first-order valence-corrected chi connectivity index (χ1v) is 14.4. The molecule has 1 fully saturated rings. The Balaban J connectivity index is 0.000000277. The van der Waals surface area contributed by atoms with Crippen LogP contribution in [0.1, 0.15) is 47.1 Å². The minimum absolute atomic E-state index is 0.0119. The van der Waals surface area contributed by atoms with Gasteiger partial charge in [-0.25, -0.2) is 0 Å². The second-order valence-electron chi connectivity index (χ2n) is 11.6. The van der Waals surface area contributed by atoms with Gasteiger partial charge in [0.2, 0.25) is 5.82 Å². The molecule has 1 aliphatic rings. The van der Waals surface area contributed by atoms with E-state index in [1.807, 2.05) is 19.1 Å². The maximum absolute atomic E-state index is 9.95. The number of aliphatic hydroxyl groups is 2. The van der Waals surface area contributed by atoms with Crippen molar-refractivity contribution < 1.29 is 24.4 Å². The van der Waals surface area contributed by atoms with Gasteiger partial charge in [0, 0.05) is 37.3 Å². The van der Waals surface area contributed by atoms with Gasteiger partial charge in [-0.1, -0.05) is 17.7 Å². The van der Waals surface area contributed by atoms with Gasteiger partial charge in [-0.15, -0.1) is 4.37 Å². The zero-order valence-corrected chi connectivity index (χ0v) is 25.9. The zero-order valence-electron chi connectivity index (χ0n) is 24.3. The third kappa shape index (κ3) is 13.9. The molecule has 2 aromatic rings. The molecule has 0 spiro atoms. The summed E-state index contributed by atoms with van der Waals surface area (Å²) in [5.74, 6) is 1.86. The minimum Gasteiger partial charge on any atom is -0.489 e. The lowest BCUT2D eigenvalue weighted by Crippen LogP contribution is -2.42. The van der Waals surface area contributed by atoms with E-state index in [1.54, 1.807) is 6.07 Å². The Morgan fingerprint density at radius 2 is 1.54 bits per heavy atom. The molecule has 0 aliphatic carbocycles. The molecule has 12 heteroatoms. The summed E-state index contributed by atoms with van der Waals surface area (Å²) in [5.41, 5.74) is 1.04. The lowest BCUT2D eigenvalue weighted by Gasteiger charge is -2.27. The number of rotatable bonds is 11. The Morgan fingerprint density at radius 1 is 0.974 bits per heavy atom. The number of nitrogens with zero attached hydrogens (tertiary/aromatic N) is 3. The molecule has 0 amide bonds. The average Bonchev–Trinajstić information content (AvgIpc) is 3.34. The topological polar surface area (TPSA) is 121 Å². The number of nitrogens with one attached hydrogen (secondary N) is 2. The molecule has 0 bridgehead atoms. The molecule has 4 N–H and O–H groups in total. The first-order chi connectivity index (χ1) is 18.2. The zero-order chi connectivity index (χ0) is 29.1. The minimum atomic E-state index is -0.580. The van der Waals surface area contributed by atoms with Crippen LogP contribution in [0.15, 0.2) is 18.2 Å². The lowest BCUT2D eigenvalue weighted by atomic mass is 10.1. The predicted octanol–water partition coefficient (Wildman–Crippen LogP) is 3.28. The predicted molar refractivity (Wildman–Crippen MR) is 158 cm³/mol. The van der Waals surface area contributed by atoms with Crippen molar-refractivity contribution in [1.82, 2.24) is 19.4 Å². The van der Waals surface area contributed by atoms with E-state index in [0.717, 1.165) is 36.2 Å². The van der Waals surface area contributed by atoms with Crippen molar-refractivity contribution in [2.45, 2.75) is 71.8 Å². The number of anilines is 1. The molecular weight excluding hydrogens is 542 g/mol. The summed E-state index contributed by atoms with van der Waals surface area (Å²) < 4.78 is 24.9. The number of ether oxygens (including phenoxy) is 3. The van der Waals surface area contributed by atoms with Gasteiger partial charge in [0.05, 0.1) is 30.0 Å². The van der Waals surface area contributed by atoms with E-state index < -0.39 is 12.2 Å². The highest BCUT2D eigenvalue weighted by Gasteiger charge is 2.21. The van der Waals surface area contributed by atoms with Crippen LogP contribution >= 0.6 is 23.3 Å². The Morgan fingerprint density at radius 3 is 2.10 bits per heavy atom. The van der Waals surface area contributed by atoms with E-state index in [-0.39, 0.29) is 24.3 Å². The number of aromatic nitrogens is 2. The fourth-order valence-corrected chi connectivity index (χ4v) is 3.98. The van der Waals surface area contributed by atoms with Gasteiger partial charge in [-0.3, -0.25) is 0 Å². The third-order valence-corrected chi connectivity index (χ3v) is 6.23. The van der Waals surface area contributed by atoms with Gasteiger partial charge >= 0.3 is 0 Å². The molecule has 0 saturated carbocycles. The first kappa shape index (κ1) is 33.5. The fourth-order valence-electron chi connectivity index (χ4n) is 3.28. The van der Waals surface area contributed by atoms with Crippen molar-refractivity contribution in [2.24, 2.45) is 0 Å². The standard InChI is InChI=1S/C14H22ClNO2.C13H24N4O3S/c1-10-5-6-12(15)13(7-10)18-9-11(17)8-16-14(2,3)4;1-13(2,3)14-8-10(18)9-20-12-11(15-21-16-12)17-4-6-19-7-5-17/h5-7,11,16-17H,8-9H2,1-4H3;10,14,18H,4-9H2,1-3H3/t;10-/m.0/s1. The smallest absolute Gasteiger partial charge is 0.270 e. The van der Waals surface area contributed by atoms with Crippen LogP contribution < -0.4 is 25.0 Å². The largest absolute Gasteiger partial charge is 0.489 e. The molecule has 0 radical (unpaired) electrons. The molecule has 2 heterocycles. The van der Waals surface area contributed by atoms with Crippen molar-refractivity contribution in [3.63, 3.8) is 0 Å². The summed E-state index contributed by atoms with van der Waals surface area (Å²) in [6, 6.07) is 5.59. The molecule has 39 heavy (non-hydrogen) atoms. The van der Waals surface area contributed by atoms with Gasteiger partial charge in [0.25, 0.3) is 5.88 Å². The summed E-state index contributed by atoms with van der Waals surface area (Å²) >= 11 is 7.13. The number of β-amino-alcohol motifs (C(OH)–C–C–N with tert-alkyl or cyclic N) is 2. The lowest BCUT2D eigenvalue weighted by molar-refractivity contribution is 0.0975. The van der Waals surface area contributed by atoms with Gasteiger partial charge in [0.15, 0.2) is 0 Å². The molecular formula is C27H46ClN5O5S. The molecule has 1 aromatic carbocycles. The Labute approximate surface area is 242 Å². The second-order valence-corrected chi connectivity index (χ2v) is 12.6. The highest BCUT2D eigenvalue weighted by Crippen LogP contribution is 2.26. The van der Waals surface area contributed by atoms with E-state index in [2.05, 4.69) is 65.8 Å². The molecule has 3 rings (SSSR count). The van der Waals surface area contributed by atoms with Crippen LogP contribution in [0.5, 0.6) is 11.6 Å². The maximum atomic E-state index is 9.95.